The maximum absolute atomic E-state index is 12.1. The number of nitrogens with zero attached hydrogens (tertiary/aromatic N) is 2. The van der Waals surface area contributed by atoms with Crippen LogP contribution in [0.15, 0.2) is 12.2 Å². The number of allylic oxidation sites excluding steroid dienone is 2. The number of hydrogen-bond donors (Lipinski definition) is 1. The van der Waals surface area contributed by atoms with E-state index in [-0.39, 0.29) is 11.8 Å². The van der Waals surface area contributed by atoms with Crippen LogP contribution in [0, 0.1) is 17.8 Å². The molecule has 1 aromatic rings. The molecule has 4 nitrogen and oxygen atoms in total. The molecule has 0 spiro atoms. The van der Waals surface area contributed by atoms with Crippen molar-refractivity contribution in [3.05, 3.63) is 17.2 Å². The van der Waals surface area contributed by atoms with Gasteiger partial charge < -0.3 is 5.32 Å². The van der Waals surface area contributed by atoms with Gasteiger partial charge in [0.05, 0.1) is 0 Å². The van der Waals surface area contributed by atoms with Gasteiger partial charge in [-0.15, -0.1) is 10.2 Å². The molecule has 0 radical (unpaired) electrons. The zero-order valence-corrected chi connectivity index (χ0v) is 10.5. The van der Waals surface area contributed by atoms with Crippen molar-refractivity contribution in [2.45, 2.75) is 26.2 Å². The maximum Gasteiger partial charge on any atom is 0.229 e. The number of fused-ring (bicyclic) bond motifs is 2. The molecule has 0 saturated heterocycles. The fourth-order valence-corrected chi connectivity index (χ4v) is 3.41. The smallest absolute Gasteiger partial charge is 0.229 e. The van der Waals surface area contributed by atoms with Gasteiger partial charge in [0.25, 0.3) is 0 Å². The summed E-state index contributed by atoms with van der Waals surface area (Å²) in [6, 6.07) is 0. The van der Waals surface area contributed by atoms with Crippen molar-refractivity contribution in [3.63, 3.8) is 0 Å². The topological polar surface area (TPSA) is 54.9 Å². The van der Waals surface area contributed by atoms with E-state index >= 15 is 0 Å². The second-order valence-corrected chi connectivity index (χ2v) is 5.79. The molecule has 1 aromatic heterocycles. The van der Waals surface area contributed by atoms with E-state index < -0.39 is 0 Å². The van der Waals surface area contributed by atoms with Gasteiger partial charge >= 0.3 is 0 Å². The molecule has 1 amide bonds. The van der Waals surface area contributed by atoms with Crippen molar-refractivity contribution in [2.75, 3.05) is 5.32 Å². The quantitative estimate of drug-likeness (QED) is 0.836. The minimum absolute atomic E-state index is 0.112. The Labute approximate surface area is 104 Å². The lowest BCUT2D eigenvalue weighted by molar-refractivity contribution is -0.120. The van der Waals surface area contributed by atoms with Crippen LogP contribution in [0.25, 0.3) is 0 Å². The zero-order chi connectivity index (χ0) is 11.8. The van der Waals surface area contributed by atoms with E-state index in [1.54, 1.807) is 0 Å². The van der Waals surface area contributed by atoms with Gasteiger partial charge in [0.15, 0.2) is 0 Å². The van der Waals surface area contributed by atoms with Crippen LogP contribution < -0.4 is 5.32 Å². The molecule has 1 heterocycles. The van der Waals surface area contributed by atoms with E-state index in [0.29, 0.717) is 17.0 Å². The number of aromatic nitrogens is 2. The second-order valence-electron chi connectivity index (χ2n) is 4.73. The fourth-order valence-electron chi connectivity index (χ4n) is 2.73. The SMILES string of the molecule is CCc1nnc(NC(=O)C2CC3C=CC2C3)s1. The molecular weight excluding hydrogens is 234 g/mol. The van der Waals surface area contributed by atoms with Crippen molar-refractivity contribution in [3.8, 4) is 0 Å². The third-order valence-electron chi connectivity index (χ3n) is 3.62. The summed E-state index contributed by atoms with van der Waals surface area (Å²) >= 11 is 1.47. The highest BCUT2D eigenvalue weighted by atomic mass is 32.1. The molecule has 1 fully saturated rings. The van der Waals surface area contributed by atoms with Crippen LogP contribution in [0.1, 0.15) is 24.8 Å². The Hall–Kier alpha value is -1.23. The molecular formula is C12H15N3OS. The Morgan fingerprint density at radius 3 is 2.94 bits per heavy atom. The molecule has 5 heteroatoms. The van der Waals surface area contributed by atoms with E-state index in [4.69, 9.17) is 0 Å². The third kappa shape index (κ3) is 1.99. The molecule has 3 unspecified atom stereocenters. The Morgan fingerprint density at radius 1 is 1.47 bits per heavy atom. The molecule has 0 aromatic carbocycles. The van der Waals surface area contributed by atoms with Gasteiger partial charge in [0, 0.05) is 5.92 Å². The summed E-state index contributed by atoms with van der Waals surface area (Å²) in [6.07, 6.45) is 7.44. The van der Waals surface area contributed by atoms with Gasteiger partial charge in [-0.25, -0.2) is 0 Å². The Kier molecular flexibility index (Phi) is 2.70. The van der Waals surface area contributed by atoms with E-state index in [9.17, 15) is 4.79 Å². The summed E-state index contributed by atoms with van der Waals surface area (Å²) in [7, 11) is 0. The van der Waals surface area contributed by atoms with Crippen molar-refractivity contribution in [1.29, 1.82) is 0 Å². The van der Waals surface area contributed by atoms with Crippen molar-refractivity contribution in [1.82, 2.24) is 10.2 Å². The largest absolute Gasteiger partial charge is 0.300 e. The van der Waals surface area contributed by atoms with Crippen molar-refractivity contribution >= 4 is 22.4 Å². The van der Waals surface area contributed by atoms with Gasteiger partial charge in [-0.05, 0) is 31.1 Å². The first kappa shape index (κ1) is 10.9. The van der Waals surface area contributed by atoms with Crippen LogP contribution >= 0.6 is 11.3 Å². The number of anilines is 1. The average molecular weight is 249 g/mol. The predicted octanol–water partition coefficient (Wildman–Crippen LogP) is 2.25. The van der Waals surface area contributed by atoms with Crippen LogP contribution in [0.4, 0.5) is 5.13 Å². The Morgan fingerprint density at radius 2 is 2.35 bits per heavy atom. The number of rotatable bonds is 3. The molecule has 90 valence electrons. The van der Waals surface area contributed by atoms with Gasteiger partial charge in [-0.3, -0.25) is 4.79 Å². The monoisotopic (exact) mass is 249 g/mol. The Bertz CT molecular complexity index is 468. The highest BCUT2D eigenvalue weighted by molar-refractivity contribution is 7.15. The minimum atomic E-state index is 0.112. The van der Waals surface area contributed by atoms with Gasteiger partial charge in [-0.2, -0.15) is 0 Å². The molecule has 3 rings (SSSR count). The molecule has 2 bridgehead atoms. The first-order valence-corrected chi connectivity index (χ1v) is 6.89. The van der Waals surface area contributed by atoms with Crippen molar-refractivity contribution < 1.29 is 4.79 Å². The van der Waals surface area contributed by atoms with Gasteiger partial charge in [0.2, 0.25) is 11.0 Å². The molecule has 2 aliphatic rings. The summed E-state index contributed by atoms with van der Waals surface area (Å²) in [5.41, 5.74) is 0. The molecule has 1 saturated carbocycles. The molecule has 3 atom stereocenters. The standard InChI is InChI=1S/C12H15N3OS/c1-2-10-14-15-12(17-10)13-11(16)9-6-7-3-4-8(9)5-7/h3-4,7-9H,2,5-6H2,1H3,(H,13,15,16). The summed E-state index contributed by atoms with van der Waals surface area (Å²) < 4.78 is 0. The number of aryl methyl sites for hydroxylation is 1. The van der Waals surface area contributed by atoms with Crippen molar-refractivity contribution in [2.24, 2.45) is 17.8 Å². The van der Waals surface area contributed by atoms with E-state index in [1.807, 2.05) is 6.92 Å². The number of hydrogen-bond acceptors (Lipinski definition) is 4. The zero-order valence-electron chi connectivity index (χ0n) is 9.72. The maximum atomic E-state index is 12.1. The van der Waals surface area contributed by atoms with Gasteiger partial charge in [-0.1, -0.05) is 30.4 Å². The third-order valence-corrected chi connectivity index (χ3v) is 4.60. The van der Waals surface area contributed by atoms with E-state index in [0.717, 1.165) is 24.3 Å². The minimum Gasteiger partial charge on any atom is -0.300 e. The summed E-state index contributed by atoms with van der Waals surface area (Å²) in [4.78, 5) is 12.1. The van der Waals surface area contributed by atoms with Crippen LogP contribution in [-0.4, -0.2) is 16.1 Å². The van der Waals surface area contributed by atoms with Crippen LogP contribution in [0.5, 0.6) is 0 Å². The number of amides is 1. The molecule has 0 aliphatic heterocycles. The second kappa shape index (κ2) is 4.22. The fraction of sp³-hybridized carbons (Fsp3) is 0.583. The lowest BCUT2D eigenvalue weighted by Crippen LogP contribution is -2.25. The highest BCUT2D eigenvalue weighted by Crippen LogP contribution is 2.43. The van der Waals surface area contributed by atoms with Crippen LogP contribution in [-0.2, 0) is 11.2 Å². The summed E-state index contributed by atoms with van der Waals surface area (Å²) in [5.74, 6) is 1.31. The Balaban J connectivity index is 1.65. The number of nitrogens with one attached hydrogen (secondary N) is 1. The van der Waals surface area contributed by atoms with E-state index in [1.165, 1.54) is 11.3 Å². The lowest BCUT2D eigenvalue weighted by Gasteiger charge is -2.16. The predicted molar refractivity (Wildman–Crippen MR) is 66.8 cm³/mol. The average Bonchev–Trinajstić information content (AvgIpc) is 3.04. The van der Waals surface area contributed by atoms with Crippen LogP contribution in [0.2, 0.25) is 0 Å². The normalized spacial score (nSPS) is 29.8. The summed E-state index contributed by atoms with van der Waals surface area (Å²) in [5, 5.41) is 12.5. The van der Waals surface area contributed by atoms with E-state index in [2.05, 4.69) is 27.7 Å². The first-order chi connectivity index (χ1) is 8.26. The first-order valence-electron chi connectivity index (χ1n) is 6.08. The van der Waals surface area contributed by atoms with Crippen LogP contribution in [0.3, 0.4) is 0 Å². The summed E-state index contributed by atoms with van der Waals surface area (Å²) in [6.45, 7) is 2.03. The molecule has 1 N–H and O–H groups in total. The highest BCUT2D eigenvalue weighted by Gasteiger charge is 2.39. The lowest BCUT2D eigenvalue weighted by atomic mass is 9.93. The molecule has 2 aliphatic carbocycles. The number of carbonyl (C=O) groups is 1. The number of carbonyl (C=O) groups excluding carboxylic acids is 1. The molecule has 17 heavy (non-hydrogen) atoms. The van der Waals surface area contributed by atoms with Gasteiger partial charge in [0.1, 0.15) is 5.01 Å².